The molecule has 0 unspecified atom stereocenters. The summed E-state index contributed by atoms with van der Waals surface area (Å²) < 4.78 is 1.88. The van der Waals surface area contributed by atoms with Gasteiger partial charge in [0, 0.05) is 24.5 Å². The number of imidazole rings is 1. The molecule has 2 aromatic carbocycles. The Morgan fingerprint density at radius 1 is 1.04 bits per heavy atom. The number of azo groups is 1. The van der Waals surface area contributed by atoms with Crippen molar-refractivity contribution in [3.63, 3.8) is 0 Å². The maximum Gasteiger partial charge on any atom is 0.269 e. The van der Waals surface area contributed by atoms with E-state index in [4.69, 9.17) is 0 Å². The van der Waals surface area contributed by atoms with Crippen LogP contribution < -0.4 is 0 Å². The molecule has 1 aromatic heterocycles. The quantitative estimate of drug-likeness (QED) is 0.401. The molecule has 0 fully saturated rings. The minimum absolute atomic E-state index is 0.0227. The van der Waals surface area contributed by atoms with E-state index in [0.717, 1.165) is 5.56 Å². The monoisotopic (exact) mass is 307 g/mol. The van der Waals surface area contributed by atoms with E-state index in [0.29, 0.717) is 18.2 Å². The van der Waals surface area contributed by atoms with E-state index in [1.165, 1.54) is 12.1 Å². The molecule has 3 rings (SSSR count). The number of hydrogen-bond donors (Lipinski definition) is 0. The molecule has 7 heteroatoms. The molecule has 1 heterocycles. The van der Waals surface area contributed by atoms with Gasteiger partial charge in [0.25, 0.3) is 5.69 Å². The van der Waals surface area contributed by atoms with Gasteiger partial charge in [-0.3, -0.25) is 10.1 Å². The highest BCUT2D eigenvalue weighted by atomic mass is 16.6. The van der Waals surface area contributed by atoms with Crippen LogP contribution in [0.25, 0.3) is 0 Å². The van der Waals surface area contributed by atoms with Gasteiger partial charge in [-0.05, 0) is 17.7 Å². The lowest BCUT2D eigenvalue weighted by Crippen LogP contribution is -1.97. The van der Waals surface area contributed by atoms with Crippen LogP contribution in [0.1, 0.15) is 5.56 Å². The normalized spacial score (nSPS) is 11.0. The molecule has 0 N–H and O–H groups in total. The standard InChI is InChI=1S/C16H13N5O2/c22-21(23)15-8-6-14(7-9-15)18-19-16-17-10-11-20(16)12-13-4-2-1-3-5-13/h1-11H,12H2. The summed E-state index contributed by atoms with van der Waals surface area (Å²) in [6.07, 6.45) is 3.49. The zero-order valence-electron chi connectivity index (χ0n) is 12.1. The summed E-state index contributed by atoms with van der Waals surface area (Å²) in [5, 5.41) is 18.8. The lowest BCUT2D eigenvalue weighted by atomic mass is 10.2. The number of non-ortho nitro benzene ring substituents is 1. The van der Waals surface area contributed by atoms with Crippen LogP contribution in [0.4, 0.5) is 17.3 Å². The Morgan fingerprint density at radius 2 is 1.78 bits per heavy atom. The minimum atomic E-state index is -0.451. The third-order valence-electron chi connectivity index (χ3n) is 3.20. The van der Waals surface area contributed by atoms with Crippen molar-refractivity contribution in [2.24, 2.45) is 10.2 Å². The van der Waals surface area contributed by atoms with Crippen LogP contribution in [0.15, 0.2) is 77.2 Å². The zero-order chi connectivity index (χ0) is 16.1. The second-order valence-electron chi connectivity index (χ2n) is 4.81. The van der Waals surface area contributed by atoms with E-state index in [1.807, 2.05) is 41.1 Å². The highest BCUT2D eigenvalue weighted by Crippen LogP contribution is 2.20. The highest BCUT2D eigenvalue weighted by Gasteiger charge is 2.04. The topological polar surface area (TPSA) is 85.7 Å². The number of hydrogen-bond acceptors (Lipinski definition) is 5. The van der Waals surface area contributed by atoms with Crippen molar-refractivity contribution in [1.82, 2.24) is 9.55 Å². The molecule has 7 nitrogen and oxygen atoms in total. The van der Waals surface area contributed by atoms with Crippen LogP contribution in [-0.2, 0) is 6.54 Å². The molecule has 0 aliphatic carbocycles. The van der Waals surface area contributed by atoms with Gasteiger partial charge in [-0.2, -0.15) is 0 Å². The SMILES string of the molecule is O=[N+]([O-])c1ccc(N=Nc2nccn2Cc2ccccc2)cc1. The average Bonchev–Trinajstić information content (AvgIpc) is 3.01. The molecule has 0 bridgehead atoms. The number of aromatic nitrogens is 2. The van der Waals surface area contributed by atoms with Crippen molar-refractivity contribution in [2.45, 2.75) is 6.54 Å². The van der Waals surface area contributed by atoms with E-state index in [-0.39, 0.29) is 5.69 Å². The molecule has 0 aliphatic heterocycles. The van der Waals surface area contributed by atoms with E-state index >= 15 is 0 Å². The largest absolute Gasteiger partial charge is 0.310 e. The van der Waals surface area contributed by atoms with Crippen molar-refractivity contribution < 1.29 is 4.92 Å². The predicted molar refractivity (Wildman–Crippen MR) is 85.0 cm³/mol. The maximum atomic E-state index is 10.6. The van der Waals surface area contributed by atoms with Gasteiger partial charge in [-0.15, -0.1) is 10.2 Å². The first-order chi connectivity index (χ1) is 11.2. The third kappa shape index (κ3) is 3.65. The minimum Gasteiger partial charge on any atom is -0.310 e. The summed E-state index contributed by atoms with van der Waals surface area (Å²) in [5.74, 6) is 0.479. The van der Waals surface area contributed by atoms with Crippen molar-refractivity contribution in [2.75, 3.05) is 0 Å². The molecule has 0 amide bonds. The first kappa shape index (κ1) is 14.6. The van der Waals surface area contributed by atoms with Gasteiger partial charge in [0.05, 0.1) is 17.2 Å². The molecular weight excluding hydrogens is 294 g/mol. The van der Waals surface area contributed by atoms with Crippen LogP contribution >= 0.6 is 0 Å². The van der Waals surface area contributed by atoms with Gasteiger partial charge in [0.1, 0.15) is 0 Å². The van der Waals surface area contributed by atoms with Gasteiger partial charge in [0.15, 0.2) is 0 Å². The molecular formula is C16H13N5O2. The lowest BCUT2D eigenvalue weighted by molar-refractivity contribution is -0.384. The number of benzene rings is 2. The van der Waals surface area contributed by atoms with Crippen molar-refractivity contribution in [1.29, 1.82) is 0 Å². The van der Waals surface area contributed by atoms with Gasteiger partial charge < -0.3 is 4.57 Å². The van der Waals surface area contributed by atoms with E-state index < -0.39 is 4.92 Å². The van der Waals surface area contributed by atoms with Crippen molar-refractivity contribution in [3.8, 4) is 0 Å². The predicted octanol–water partition coefficient (Wildman–Crippen LogP) is 4.26. The summed E-state index contributed by atoms with van der Waals surface area (Å²) in [6.45, 7) is 0.648. The molecule has 0 aliphatic rings. The maximum absolute atomic E-state index is 10.6. The number of nitrogens with zero attached hydrogens (tertiary/aromatic N) is 5. The summed E-state index contributed by atoms with van der Waals surface area (Å²) in [4.78, 5) is 14.3. The lowest BCUT2D eigenvalue weighted by Gasteiger charge is -2.03. The van der Waals surface area contributed by atoms with Gasteiger partial charge in [0.2, 0.25) is 5.95 Å². The second kappa shape index (κ2) is 6.61. The first-order valence-corrected chi connectivity index (χ1v) is 6.93. The van der Waals surface area contributed by atoms with Crippen LogP contribution in [-0.4, -0.2) is 14.5 Å². The van der Waals surface area contributed by atoms with Gasteiger partial charge >= 0.3 is 0 Å². The van der Waals surface area contributed by atoms with Gasteiger partial charge in [-0.1, -0.05) is 30.3 Å². The Balaban J connectivity index is 1.75. The average molecular weight is 307 g/mol. The van der Waals surface area contributed by atoms with Crippen LogP contribution in [0, 0.1) is 10.1 Å². The van der Waals surface area contributed by atoms with Crippen molar-refractivity contribution in [3.05, 3.63) is 82.7 Å². The van der Waals surface area contributed by atoms with E-state index in [9.17, 15) is 10.1 Å². The third-order valence-corrected chi connectivity index (χ3v) is 3.20. The second-order valence-corrected chi connectivity index (χ2v) is 4.81. The highest BCUT2D eigenvalue weighted by molar-refractivity contribution is 5.43. The molecule has 0 atom stereocenters. The fourth-order valence-electron chi connectivity index (χ4n) is 2.05. The Kier molecular flexibility index (Phi) is 4.19. The van der Waals surface area contributed by atoms with E-state index in [2.05, 4.69) is 15.2 Å². The number of nitro groups is 1. The first-order valence-electron chi connectivity index (χ1n) is 6.93. The van der Waals surface area contributed by atoms with Crippen molar-refractivity contribution >= 4 is 17.3 Å². The molecule has 0 radical (unpaired) electrons. The zero-order valence-corrected chi connectivity index (χ0v) is 12.1. The molecule has 23 heavy (non-hydrogen) atoms. The molecule has 114 valence electrons. The Morgan fingerprint density at radius 3 is 2.48 bits per heavy atom. The van der Waals surface area contributed by atoms with Gasteiger partial charge in [-0.25, -0.2) is 4.98 Å². The summed E-state index contributed by atoms with van der Waals surface area (Å²) in [5.41, 5.74) is 1.69. The van der Waals surface area contributed by atoms with Crippen LogP contribution in [0.5, 0.6) is 0 Å². The number of nitro benzene ring substituents is 1. The smallest absolute Gasteiger partial charge is 0.269 e. The fourth-order valence-corrected chi connectivity index (χ4v) is 2.05. The summed E-state index contributed by atoms with van der Waals surface area (Å²) in [6, 6.07) is 15.9. The summed E-state index contributed by atoms with van der Waals surface area (Å²) in [7, 11) is 0. The van der Waals surface area contributed by atoms with Crippen LogP contribution in [0.2, 0.25) is 0 Å². The fraction of sp³-hybridized carbons (Fsp3) is 0.0625. The molecule has 0 saturated heterocycles. The molecule has 3 aromatic rings. The number of rotatable bonds is 5. The Labute approximate surface area is 132 Å². The van der Waals surface area contributed by atoms with Crippen LogP contribution in [0.3, 0.4) is 0 Å². The molecule has 0 saturated carbocycles. The summed E-state index contributed by atoms with van der Waals surface area (Å²) >= 11 is 0. The van der Waals surface area contributed by atoms with E-state index in [1.54, 1.807) is 18.3 Å². The Hall–Kier alpha value is -3.35. The molecule has 0 spiro atoms. The Bertz CT molecular complexity index is 825.